The fourth-order valence-corrected chi connectivity index (χ4v) is 3.69. The molecule has 0 radical (unpaired) electrons. The standard InChI is InChI=1S/C14H14BrClOS/c1-3-10-5-7-13(18-10)14(15)11-6-4-9(16)8-12(11)17-2/h4-8,14H,3H2,1-2H3. The highest BCUT2D eigenvalue weighted by Gasteiger charge is 2.17. The van der Waals surface area contributed by atoms with Gasteiger partial charge >= 0.3 is 0 Å². The number of hydrogen-bond acceptors (Lipinski definition) is 2. The van der Waals surface area contributed by atoms with Crippen molar-refractivity contribution in [3.8, 4) is 5.75 Å². The molecule has 4 heteroatoms. The number of hydrogen-bond donors (Lipinski definition) is 0. The summed E-state index contributed by atoms with van der Waals surface area (Å²) in [6.45, 7) is 2.17. The van der Waals surface area contributed by atoms with Crippen molar-refractivity contribution in [2.45, 2.75) is 18.2 Å². The average Bonchev–Trinajstić information content (AvgIpc) is 2.86. The Balaban J connectivity index is 2.35. The minimum absolute atomic E-state index is 0.148. The molecule has 0 N–H and O–H groups in total. The first-order valence-corrected chi connectivity index (χ1v) is 7.82. The highest BCUT2D eigenvalue weighted by atomic mass is 79.9. The predicted molar refractivity (Wildman–Crippen MR) is 82.5 cm³/mol. The molecule has 1 aromatic carbocycles. The van der Waals surface area contributed by atoms with Gasteiger partial charge in [0.1, 0.15) is 5.75 Å². The molecule has 2 aromatic rings. The number of benzene rings is 1. The summed E-state index contributed by atoms with van der Waals surface area (Å²) in [5.41, 5.74) is 1.10. The molecule has 1 atom stereocenters. The molecule has 18 heavy (non-hydrogen) atoms. The summed E-state index contributed by atoms with van der Waals surface area (Å²) in [5.74, 6) is 0.816. The van der Waals surface area contributed by atoms with Gasteiger partial charge < -0.3 is 4.74 Å². The number of halogens is 2. The van der Waals surface area contributed by atoms with Gasteiger partial charge in [0.05, 0.1) is 11.9 Å². The van der Waals surface area contributed by atoms with E-state index in [4.69, 9.17) is 16.3 Å². The Kier molecular flexibility index (Phi) is 4.71. The molecule has 1 heterocycles. The van der Waals surface area contributed by atoms with Gasteiger partial charge in [-0.2, -0.15) is 0 Å². The molecule has 1 nitrogen and oxygen atoms in total. The summed E-state index contributed by atoms with van der Waals surface area (Å²) in [7, 11) is 1.67. The van der Waals surface area contributed by atoms with E-state index in [1.807, 2.05) is 29.5 Å². The second-order valence-corrected chi connectivity index (χ2v) is 6.46. The third-order valence-corrected chi connectivity index (χ3v) is 5.57. The van der Waals surface area contributed by atoms with E-state index in [1.165, 1.54) is 9.75 Å². The highest BCUT2D eigenvalue weighted by Crippen LogP contribution is 2.40. The monoisotopic (exact) mass is 344 g/mol. The lowest BCUT2D eigenvalue weighted by atomic mass is 10.1. The third-order valence-electron chi connectivity index (χ3n) is 2.75. The van der Waals surface area contributed by atoms with Crippen LogP contribution in [0.5, 0.6) is 5.75 Å². The first-order valence-electron chi connectivity index (χ1n) is 5.71. The normalized spacial score (nSPS) is 12.4. The summed E-state index contributed by atoms with van der Waals surface area (Å²) >= 11 is 11.5. The predicted octanol–water partition coefficient (Wildman–Crippen LogP) is 5.46. The Labute approximate surface area is 125 Å². The highest BCUT2D eigenvalue weighted by molar-refractivity contribution is 9.09. The molecular weight excluding hydrogens is 332 g/mol. The number of rotatable bonds is 4. The molecule has 96 valence electrons. The van der Waals surface area contributed by atoms with Crippen LogP contribution in [0.15, 0.2) is 30.3 Å². The van der Waals surface area contributed by atoms with Crippen molar-refractivity contribution in [1.82, 2.24) is 0 Å². The summed E-state index contributed by atoms with van der Waals surface area (Å²) in [6, 6.07) is 10.1. The fraction of sp³-hybridized carbons (Fsp3) is 0.286. The second-order valence-electron chi connectivity index (χ2n) is 3.91. The quantitative estimate of drug-likeness (QED) is 0.669. The molecule has 0 spiro atoms. The van der Waals surface area contributed by atoms with Crippen molar-refractivity contribution in [3.05, 3.63) is 50.7 Å². The number of ether oxygens (including phenoxy) is 1. The number of alkyl halides is 1. The Morgan fingerprint density at radius 3 is 2.72 bits per heavy atom. The first kappa shape index (κ1) is 13.9. The molecule has 0 aliphatic carbocycles. The minimum atomic E-state index is 0.148. The minimum Gasteiger partial charge on any atom is -0.496 e. The number of methoxy groups -OCH3 is 1. The molecule has 1 aromatic heterocycles. The fourth-order valence-electron chi connectivity index (χ4n) is 1.77. The Morgan fingerprint density at radius 1 is 1.33 bits per heavy atom. The molecule has 0 saturated heterocycles. The third kappa shape index (κ3) is 2.90. The van der Waals surface area contributed by atoms with Crippen LogP contribution >= 0.6 is 38.9 Å². The zero-order valence-corrected chi connectivity index (χ0v) is 13.4. The maximum Gasteiger partial charge on any atom is 0.125 e. The van der Waals surface area contributed by atoms with Crippen LogP contribution in [0, 0.1) is 0 Å². The van der Waals surface area contributed by atoms with E-state index in [9.17, 15) is 0 Å². The SMILES string of the molecule is CCc1ccc(C(Br)c2ccc(Cl)cc2OC)s1. The van der Waals surface area contributed by atoms with Gasteiger partial charge in [-0.3, -0.25) is 0 Å². The van der Waals surface area contributed by atoms with Crippen molar-refractivity contribution >= 4 is 38.9 Å². The number of thiophene rings is 1. The van der Waals surface area contributed by atoms with Gasteiger partial charge in [-0.05, 0) is 30.7 Å². The van der Waals surface area contributed by atoms with Crippen LogP contribution in [0.3, 0.4) is 0 Å². The van der Waals surface area contributed by atoms with Crippen LogP contribution in [0.1, 0.15) is 27.1 Å². The van der Waals surface area contributed by atoms with Gasteiger partial charge in [-0.25, -0.2) is 0 Å². The lowest BCUT2D eigenvalue weighted by Gasteiger charge is -2.13. The first-order chi connectivity index (χ1) is 8.65. The smallest absolute Gasteiger partial charge is 0.125 e. The lowest BCUT2D eigenvalue weighted by Crippen LogP contribution is -1.95. The Bertz CT molecular complexity index is 538. The van der Waals surface area contributed by atoms with Gasteiger partial charge in [0.2, 0.25) is 0 Å². The summed E-state index contributed by atoms with van der Waals surface area (Å²) in [6.07, 6.45) is 1.07. The maximum atomic E-state index is 5.98. The van der Waals surface area contributed by atoms with E-state index in [0.29, 0.717) is 5.02 Å². The van der Waals surface area contributed by atoms with Crippen LogP contribution in [0.25, 0.3) is 0 Å². The Hall–Kier alpha value is -0.510. The molecule has 0 bridgehead atoms. The molecule has 0 saturated carbocycles. The second kappa shape index (κ2) is 6.09. The van der Waals surface area contributed by atoms with Crippen LogP contribution in [0.2, 0.25) is 5.02 Å². The van der Waals surface area contributed by atoms with Crippen molar-refractivity contribution in [2.24, 2.45) is 0 Å². The van der Waals surface area contributed by atoms with Gasteiger partial charge in [-0.15, -0.1) is 11.3 Å². The summed E-state index contributed by atoms with van der Waals surface area (Å²) < 4.78 is 5.39. The molecule has 0 amide bonds. The molecule has 0 aliphatic heterocycles. The zero-order valence-electron chi connectivity index (χ0n) is 10.2. The van der Waals surface area contributed by atoms with Crippen molar-refractivity contribution in [1.29, 1.82) is 0 Å². The average molecular weight is 346 g/mol. The van der Waals surface area contributed by atoms with Gasteiger partial charge in [-0.1, -0.05) is 40.5 Å². The van der Waals surface area contributed by atoms with E-state index in [-0.39, 0.29) is 4.83 Å². The molecule has 0 aliphatic rings. The van der Waals surface area contributed by atoms with Crippen LogP contribution in [-0.4, -0.2) is 7.11 Å². The van der Waals surface area contributed by atoms with E-state index in [1.54, 1.807) is 7.11 Å². The largest absolute Gasteiger partial charge is 0.496 e. The van der Waals surface area contributed by atoms with E-state index < -0.39 is 0 Å². The molecule has 1 unspecified atom stereocenters. The summed E-state index contributed by atoms with van der Waals surface area (Å²) in [4.78, 5) is 2.82. The van der Waals surface area contributed by atoms with Crippen LogP contribution in [0.4, 0.5) is 0 Å². The van der Waals surface area contributed by atoms with Crippen molar-refractivity contribution < 1.29 is 4.74 Å². The van der Waals surface area contributed by atoms with Crippen LogP contribution < -0.4 is 4.74 Å². The van der Waals surface area contributed by atoms with Gasteiger partial charge in [0.15, 0.2) is 0 Å². The molecule has 2 rings (SSSR count). The number of aryl methyl sites for hydroxylation is 1. The molecular formula is C14H14BrClOS. The topological polar surface area (TPSA) is 9.23 Å². The van der Waals surface area contributed by atoms with Crippen molar-refractivity contribution in [2.75, 3.05) is 7.11 Å². The maximum absolute atomic E-state index is 5.98. The lowest BCUT2D eigenvalue weighted by molar-refractivity contribution is 0.410. The van der Waals surface area contributed by atoms with E-state index >= 15 is 0 Å². The zero-order chi connectivity index (χ0) is 13.1. The molecule has 0 fully saturated rings. The summed E-state index contributed by atoms with van der Waals surface area (Å²) in [5, 5.41) is 0.690. The van der Waals surface area contributed by atoms with E-state index in [2.05, 4.69) is 35.0 Å². The van der Waals surface area contributed by atoms with Gasteiger partial charge in [0.25, 0.3) is 0 Å². The Morgan fingerprint density at radius 2 is 2.11 bits per heavy atom. The van der Waals surface area contributed by atoms with Crippen molar-refractivity contribution in [3.63, 3.8) is 0 Å². The van der Waals surface area contributed by atoms with E-state index in [0.717, 1.165) is 17.7 Å². The van der Waals surface area contributed by atoms with Crippen LogP contribution in [-0.2, 0) is 6.42 Å². The van der Waals surface area contributed by atoms with Gasteiger partial charge in [0, 0.05) is 20.3 Å².